The first-order chi connectivity index (χ1) is 6.99. The Hall–Kier alpha value is -0.820. The summed E-state index contributed by atoms with van der Waals surface area (Å²) < 4.78 is 0. The Balaban J connectivity index is 3.36. The summed E-state index contributed by atoms with van der Waals surface area (Å²) in [6.07, 6.45) is 0.867. The van der Waals surface area contributed by atoms with Crippen LogP contribution in [0.25, 0.3) is 0 Å². The summed E-state index contributed by atoms with van der Waals surface area (Å²) in [5.41, 5.74) is 2.82. The number of hydrogen-bond acceptors (Lipinski definition) is 1. The van der Waals surface area contributed by atoms with E-state index in [1.807, 2.05) is 32.9 Å². The van der Waals surface area contributed by atoms with Gasteiger partial charge < -0.3 is 0 Å². The van der Waals surface area contributed by atoms with Crippen molar-refractivity contribution in [3.05, 3.63) is 33.8 Å². The van der Waals surface area contributed by atoms with Crippen LogP contribution in [0.5, 0.6) is 0 Å². The molecule has 0 saturated heterocycles. The maximum Gasteiger partial charge on any atom is 0.165 e. The van der Waals surface area contributed by atoms with Gasteiger partial charge >= 0.3 is 0 Å². The smallest absolute Gasteiger partial charge is 0.165 e. The van der Waals surface area contributed by atoms with E-state index in [1.54, 1.807) is 0 Å². The molecule has 15 heavy (non-hydrogen) atoms. The molecular weight excluding hydrogens is 208 g/mol. The Labute approximate surface area is 96.5 Å². The third-order valence-corrected chi connectivity index (χ3v) is 3.05. The van der Waals surface area contributed by atoms with E-state index in [-0.39, 0.29) is 11.7 Å². The third kappa shape index (κ3) is 2.40. The van der Waals surface area contributed by atoms with Gasteiger partial charge in [0, 0.05) is 16.5 Å². The first-order valence-corrected chi connectivity index (χ1v) is 5.69. The van der Waals surface area contributed by atoms with Crippen molar-refractivity contribution in [2.75, 3.05) is 0 Å². The number of halogens is 1. The molecule has 0 amide bonds. The molecule has 0 heterocycles. The van der Waals surface area contributed by atoms with Crippen LogP contribution in [0.2, 0.25) is 5.02 Å². The van der Waals surface area contributed by atoms with Crippen LogP contribution in [0.3, 0.4) is 0 Å². The van der Waals surface area contributed by atoms with E-state index in [2.05, 4.69) is 6.92 Å². The molecular formula is C13H17ClO. The molecule has 0 atom stereocenters. The van der Waals surface area contributed by atoms with Gasteiger partial charge in [-0.1, -0.05) is 38.4 Å². The summed E-state index contributed by atoms with van der Waals surface area (Å²) in [7, 11) is 0. The lowest BCUT2D eigenvalue weighted by Crippen LogP contribution is -2.12. The van der Waals surface area contributed by atoms with E-state index < -0.39 is 0 Å². The molecule has 0 aliphatic rings. The van der Waals surface area contributed by atoms with Gasteiger partial charge in [-0.25, -0.2) is 0 Å². The predicted octanol–water partition coefficient (Wildman–Crippen LogP) is 4.05. The fraction of sp³-hybridized carbons (Fsp3) is 0.462. The Morgan fingerprint density at radius 1 is 1.40 bits per heavy atom. The lowest BCUT2D eigenvalue weighted by atomic mass is 9.91. The van der Waals surface area contributed by atoms with Crippen molar-refractivity contribution in [1.29, 1.82) is 0 Å². The van der Waals surface area contributed by atoms with Crippen molar-refractivity contribution in [2.45, 2.75) is 34.1 Å². The standard InChI is InChI=1S/C13H17ClO/c1-5-10-6-7-11(14)9(4)12(10)13(15)8(2)3/h6-8H,5H2,1-4H3. The number of hydrogen-bond donors (Lipinski definition) is 0. The Morgan fingerprint density at radius 3 is 2.47 bits per heavy atom. The number of carbonyl (C=O) groups is 1. The maximum absolute atomic E-state index is 12.0. The van der Waals surface area contributed by atoms with Gasteiger partial charge in [0.05, 0.1) is 0 Å². The highest BCUT2D eigenvalue weighted by atomic mass is 35.5. The van der Waals surface area contributed by atoms with Crippen LogP contribution < -0.4 is 0 Å². The molecule has 0 bridgehead atoms. The minimum absolute atomic E-state index is 0.0208. The van der Waals surface area contributed by atoms with Crippen molar-refractivity contribution in [1.82, 2.24) is 0 Å². The number of rotatable bonds is 3. The molecule has 0 saturated carbocycles. The highest BCUT2D eigenvalue weighted by Gasteiger charge is 2.17. The second-order valence-electron chi connectivity index (χ2n) is 4.08. The maximum atomic E-state index is 12.0. The molecule has 1 nitrogen and oxygen atoms in total. The van der Waals surface area contributed by atoms with Crippen LogP contribution in [-0.2, 0) is 6.42 Å². The van der Waals surface area contributed by atoms with E-state index in [9.17, 15) is 4.79 Å². The largest absolute Gasteiger partial charge is 0.294 e. The second kappa shape index (κ2) is 4.80. The minimum atomic E-state index is 0.0208. The van der Waals surface area contributed by atoms with Gasteiger partial charge in [-0.05, 0) is 30.5 Å². The van der Waals surface area contributed by atoms with E-state index in [4.69, 9.17) is 11.6 Å². The van der Waals surface area contributed by atoms with E-state index in [0.717, 1.165) is 23.1 Å². The monoisotopic (exact) mass is 224 g/mol. The van der Waals surface area contributed by atoms with Gasteiger partial charge in [0.1, 0.15) is 0 Å². The zero-order valence-electron chi connectivity index (χ0n) is 9.73. The van der Waals surface area contributed by atoms with Crippen LogP contribution in [0, 0.1) is 12.8 Å². The number of benzene rings is 1. The highest BCUT2D eigenvalue weighted by Crippen LogP contribution is 2.25. The lowest BCUT2D eigenvalue weighted by Gasteiger charge is -2.13. The number of ketones is 1. The minimum Gasteiger partial charge on any atom is -0.294 e. The summed E-state index contributed by atoms with van der Waals surface area (Å²) in [5, 5.41) is 0.677. The highest BCUT2D eigenvalue weighted by molar-refractivity contribution is 6.32. The van der Waals surface area contributed by atoms with Crippen molar-refractivity contribution in [3.63, 3.8) is 0 Å². The van der Waals surface area contributed by atoms with Crippen molar-refractivity contribution < 1.29 is 4.79 Å². The van der Waals surface area contributed by atoms with Gasteiger partial charge in [-0.2, -0.15) is 0 Å². The molecule has 2 heteroatoms. The molecule has 0 unspecified atom stereocenters. The normalized spacial score (nSPS) is 10.8. The summed E-state index contributed by atoms with van der Waals surface area (Å²) in [5.74, 6) is 0.208. The summed E-state index contributed by atoms with van der Waals surface area (Å²) in [6, 6.07) is 3.82. The van der Waals surface area contributed by atoms with Crippen molar-refractivity contribution in [2.24, 2.45) is 5.92 Å². The third-order valence-electron chi connectivity index (χ3n) is 2.64. The molecule has 82 valence electrons. The van der Waals surface area contributed by atoms with E-state index >= 15 is 0 Å². The Morgan fingerprint density at radius 2 is 2.00 bits per heavy atom. The fourth-order valence-electron chi connectivity index (χ4n) is 1.67. The molecule has 0 N–H and O–H groups in total. The molecule has 0 radical (unpaired) electrons. The van der Waals surface area contributed by atoms with Gasteiger partial charge in [0.15, 0.2) is 5.78 Å². The quantitative estimate of drug-likeness (QED) is 0.708. The van der Waals surface area contributed by atoms with E-state index in [0.29, 0.717) is 5.02 Å². The van der Waals surface area contributed by atoms with Gasteiger partial charge in [-0.3, -0.25) is 4.79 Å². The summed E-state index contributed by atoms with van der Waals surface area (Å²) >= 11 is 6.04. The Bertz CT molecular complexity index is 380. The molecule has 1 rings (SSSR count). The van der Waals surface area contributed by atoms with Crippen LogP contribution in [0.1, 0.15) is 42.3 Å². The van der Waals surface area contributed by atoms with Gasteiger partial charge in [0.25, 0.3) is 0 Å². The summed E-state index contributed by atoms with van der Waals surface area (Å²) in [6.45, 7) is 7.81. The molecule has 0 aromatic heterocycles. The van der Waals surface area contributed by atoms with Crippen LogP contribution in [0.15, 0.2) is 12.1 Å². The first-order valence-electron chi connectivity index (χ1n) is 5.31. The Kier molecular flexibility index (Phi) is 3.92. The van der Waals surface area contributed by atoms with Crippen LogP contribution in [-0.4, -0.2) is 5.78 Å². The molecule has 0 spiro atoms. The summed E-state index contributed by atoms with van der Waals surface area (Å²) in [4.78, 5) is 12.0. The first kappa shape index (κ1) is 12.3. The van der Waals surface area contributed by atoms with Gasteiger partial charge in [-0.15, -0.1) is 0 Å². The van der Waals surface area contributed by atoms with Gasteiger partial charge in [0.2, 0.25) is 0 Å². The van der Waals surface area contributed by atoms with Crippen LogP contribution in [0.4, 0.5) is 0 Å². The predicted molar refractivity (Wildman–Crippen MR) is 64.7 cm³/mol. The number of aryl methyl sites for hydroxylation is 1. The lowest BCUT2D eigenvalue weighted by molar-refractivity contribution is 0.0938. The van der Waals surface area contributed by atoms with Crippen molar-refractivity contribution in [3.8, 4) is 0 Å². The average molecular weight is 225 g/mol. The molecule has 0 fully saturated rings. The van der Waals surface area contributed by atoms with Crippen LogP contribution >= 0.6 is 11.6 Å². The molecule has 0 aliphatic heterocycles. The molecule has 1 aromatic rings. The second-order valence-corrected chi connectivity index (χ2v) is 4.49. The zero-order chi connectivity index (χ0) is 11.6. The van der Waals surface area contributed by atoms with Crippen molar-refractivity contribution >= 4 is 17.4 Å². The number of Topliss-reactive ketones (excluding diaryl/α,β-unsaturated/α-hetero) is 1. The fourth-order valence-corrected chi connectivity index (χ4v) is 1.83. The zero-order valence-corrected chi connectivity index (χ0v) is 10.5. The molecule has 1 aromatic carbocycles. The topological polar surface area (TPSA) is 17.1 Å². The SMILES string of the molecule is CCc1ccc(Cl)c(C)c1C(=O)C(C)C. The number of carbonyl (C=O) groups excluding carboxylic acids is 1. The average Bonchev–Trinajstić information content (AvgIpc) is 2.20. The van der Waals surface area contributed by atoms with E-state index in [1.165, 1.54) is 0 Å². The molecule has 0 aliphatic carbocycles.